The number of unbranched alkanes of at least 4 members (excludes halogenated alkanes) is 1. The number of benzene rings is 1. The molecule has 140 valence electrons. The number of rotatable bonds is 12. The molecular weight excluding hydrogens is 315 g/mol. The highest BCUT2D eigenvalue weighted by Crippen LogP contribution is 2.19. The van der Waals surface area contributed by atoms with E-state index in [1.807, 2.05) is 45.2 Å². The second-order valence-corrected chi connectivity index (χ2v) is 7.22. The summed E-state index contributed by atoms with van der Waals surface area (Å²) in [6.07, 6.45) is 4.09. The fraction of sp³-hybridized carbons (Fsp3) is 0.632. The van der Waals surface area contributed by atoms with E-state index in [2.05, 4.69) is 12.7 Å². The molecule has 0 radical (unpaired) electrons. The van der Waals surface area contributed by atoms with E-state index in [1.54, 1.807) is 0 Å². The van der Waals surface area contributed by atoms with E-state index in [0.717, 1.165) is 31.5 Å². The van der Waals surface area contributed by atoms with Gasteiger partial charge in [0.15, 0.2) is 0 Å². The second kappa shape index (κ2) is 10.5. The third kappa shape index (κ3) is 7.93. The van der Waals surface area contributed by atoms with Crippen molar-refractivity contribution >= 4 is 13.8 Å². The zero-order valence-corrected chi connectivity index (χ0v) is 16.1. The second-order valence-electron chi connectivity index (χ2n) is 7.22. The molecule has 0 amide bonds. The van der Waals surface area contributed by atoms with Gasteiger partial charge in [0.2, 0.25) is 0 Å². The minimum Gasteiger partial charge on any atom is -0.491 e. The molecule has 0 bridgehead atoms. The van der Waals surface area contributed by atoms with Crippen LogP contribution in [0.3, 0.4) is 0 Å². The quantitative estimate of drug-likeness (QED) is 0.448. The molecule has 0 heterocycles. The Morgan fingerprint density at radius 3 is 2.44 bits per heavy atom. The van der Waals surface area contributed by atoms with Gasteiger partial charge in [0.25, 0.3) is 0 Å². The molecule has 0 aromatic heterocycles. The van der Waals surface area contributed by atoms with Crippen LogP contribution < -0.4 is 10.5 Å². The summed E-state index contributed by atoms with van der Waals surface area (Å²) in [7, 11) is 4.09. The Kier molecular flexibility index (Phi) is 9.01. The highest BCUT2D eigenvalue weighted by atomic mass is 16.5. The van der Waals surface area contributed by atoms with Crippen LogP contribution >= 0.6 is 0 Å². The molecule has 1 atom stereocenters. The van der Waals surface area contributed by atoms with Gasteiger partial charge >= 0.3 is 5.97 Å². The van der Waals surface area contributed by atoms with E-state index in [9.17, 15) is 9.90 Å². The molecule has 25 heavy (non-hydrogen) atoms. The number of carboxylic acid groups (broad SMARTS) is 1. The topological polar surface area (TPSA) is 75.8 Å². The standard InChI is InChI=1S/C19H33BN2O3/c1-15(2)25-17-8-6-16(7-9-17)14-22(3)13-11-19(21,18(23)24)10-4-5-12-20/h6-9,15H,4-5,10-14,20-21H2,1-3H3,(H,23,24). The van der Waals surface area contributed by atoms with Crippen molar-refractivity contribution in [2.45, 2.75) is 64.0 Å². The lowest BCUT2D eigenvalue weighted by Gasteiger charge is -2.27. The van der Waals surface area contributed by atoms with E-state index in [1.165, 1.54) is 5.56 Å². The fourth-order valence-corrected chi connectivity index (χ4v) is 2.76. The molecule has 0 spiro atoms. The van der Waals surface area contributed by atoms with Crippen LogP contribution in [0, 0.1) is 0 Å². The number of hydrogen-bond donors (Lipinski definition) is 2. The maximum Gasteiger partial charge on any atom is 0.323 e. The summed E-state index contributed by atoms with van der Waals surface area (Å²) in [4.78, 5) is 13.7. The van der Waals surface area contributed by atoms with Crippen molar-refractivity contribution in [3.8, 4) is 5.75 Å². The number of nitrogens with zero attached hydrogens (tertiary/aromatic N) is 1. The molecule has 0 fully saturated rings. The Morgan fingerprint density at radius 1 is 1.28 bits per heavy atom. The molecule has 0 saturated heterocycles. The first-order valence-electron chi connectivity index (χ1n) is 9.23. The average molecular weight is 348 g/mol. The van der Waals surface area contributed by atoms with E-state index >= 15 is 0 Å². The average Bonchev–Trinajstić information content (AvgIpc) is 2.54. The van der Waals surface area contributed by atoms with Crippen molar-refractivity contribution in [2.24, 2.45) is 5.73 Å². The summed E-state index contributed by atoms with van der Waals surface area (Å²) in [5.74, 6) is -0.0311. The molecule has 3 N–H and O–H groups in total. The van der Waals surface area contributed by atoms with Crippen LogP contribution in [-0.4, -0.2) is 49.1 Å². The number of aliphatic carboxylic acids is 1. The highest BCUT2D eigenvalue weighted by Gasteiger charge is 2.33. The molecule has 1 aromatic rings. The molecule has 0 saturated carbocycles. The first kappa shape index (κ1) is 21.5. The lowest BCUT2D eigenvalue weighted by molar-refractivity contribution is -0.144. The van der Waals surface area contributed by atoms with Gasteiger partial charge in [0, 0.05) is 13.1 Å². The Bertz CT molecular complexity index is 522. The van der Waals surface area contributed by atoms with Gasteiger partial charge in [-0.2, -0.15) is 0 Å². The first-order chi connectivity index (χ1) is 11.8. The van der Waals surface area contributed by atoms with Gasteiger partial charge in [0.1, 0.15) is 19.1 Å². The van der Waals surface area contributed by atoms with Gasteiger partial charge < -0.3 is 20.5 Å². The van der Waals surface area contributed by atoms with Crippen LogP contribution in [0.25, 0.3) is 0 Å². The first-order valence-corrected chi connectivity index (χ1v) is 9.23. The zero-order chi connectivity index (χ0) is 18.9. The fourth-order valence-electron chi connectivity index (χ4n) is 2.76. The van der Waals surface area contributed by atoms with Crippen molar-refractivity contribution in [3.63, 3.8) is 0 Å². The smallest absolute Gasteiger partial charge is 0.323 e. The predicted molar refractivity (Wildman–Crippen MR) is 105 cm³/mol. The lowest BCUT2D eigenvalue weighted by Crippen LogP contribution is -2.49. The van der Waals surface area contributed by atoms with Gasteiger partial charge in [0.05, 0.1) is 6.10 Å². The molecule has 0 aliphatic rings. The number of nitrogens with two attached hydrogens (primary N) is 1. The van der Waals surface area contributed by atoms with Gasteiger partial charge in [-0.15, -0.1) is 0 Å². The summed E-state index contributed by atoms with van der Waals surface area (Å²) < 4.78 is 5.64. The minimum atomic E-state index is -1.13. The predicted octanol–water partition coefficient (Wildman–Crippen LogP) is 2.30. The van der Waals surface area contributed by atoms with Crippen LogP contribution in [0.4, 0.5) is 0 Å². The zero-order valence-electron chi connectivity index (χ0n) is 16.1. The molecule has 0 aliphatic heterocycles. The number of ether oxygens (including phenoxy) is 1. The van der Waals surface area contributed by atoms with Crippen LogP contribution in [0.5, 0.6) is 5.75 Å². The summed E-state index contributed by atoms with van der Waals surface area (Å²) in [6, 6.07) is 8.03. The highest BCUT2D eigenvalue weighted by molar-refractivity contribution is 6.08. The maximum absolute atomic E-state index is 11.6. The molecule has 1 aromatic carbocycles. The van der Waals surface area contributed by atoms with Gasteiger partial charge in [-0.05, 0) is 51.4 Å². The van der Waals surface area contributed by atoms with Crippen LogP contribution in [0.2, 0.25) is 6.32 Å². The monoisotopic (exact) mass is 348 g/mol. The normalized spacial score (nSPS) is 13.8. The largest absolute Gasteiger partial charge is 0.491 e. The van der Waals surface area contributed by atoms with E-state index in [4.69, 9.17) is 10.5 Å². The number of carbonyl (C=O) groups is 1. The number of carboxylic acids is 1. The summed E-state index contributed by atoms with van der Waals surface area (Å²) in [6.45, 7) is 5.42. The maximum atomic E-state index is 11.6. The summed E-state index contributed by atoms with van der Waals surface area (Å²) in [5.41, 5.74) is 6.19. The van der Waals surface area contributed by atoms with Crippen molar-refractivity contribution in [1.29, 1.82) is 0 Å². The van der Waals surface area contributed by atoms with Crippen LogP contribution in [0.1, 0.15) is 45.1 Å². The molecule has 6 heteroatoms. The van der Waals surface area contributed by atoms with E-state index < -0.39 is 11.5 Å². The third-order valence-corrected chi connectivity index (χ3v) is 4.34. The molecule has 5 nitrogen and oxygen atoms in total. The Hall–Kier alpha value is -1.53. The third-order valence-electron chi connectivity index (χ3n) is 4.34. The van der Waals surface area contributed by atoms with E-state index in [-0.39, 0.29) is 6.10 Å². The lowest BCUT2D eigenvalue weighted by atomic mass is 9.88. The van der Waals surface area contributed by atoms with Crippen molar-refractivity contribution in [2.75, 3.05) is 13.6 Å². The Balaban J connectivity index is 2.51. The van der Waals surface area contributed by atoms with Crippen molar-refractivity contribution < 1.29 is 14.6 Å². The molecule has 0 aliphatic carbocycles. The van der Waals surface area contributed by atoms with E-state index in [0.29, 0.717) is 19.4 Å². The van der Waals surface area contributed by atoms with Crippen molar-refractivity contribution in [3.05, 3.63) is 29.8 Å². The Labute approximate surface area is 152 Å². The van der Waals surface area contributed by atoms with Crippen molar-refractivity contribution in [1.82, 2.24) is 4.90 Å². The SMILES string of the molecule is BCCCCC(N)(CCN(C)Cc1ccc(OC(C)C)cc1)C(=O)O. The van der Waals surface area contributed by atoms with Crippen LogP contribution in [0.15, 0.2) is 24.3 Å². The molecular formula is C19H33BN2O3. The summed E-state index contributed by atoms with van der Waals surface area (Å²) >= 11 is 0. The minimum absolute atomic E-state index is 0.162. The van der Waals surface area contributed by atoms with Gasteiger partial charge in [-0.3, -0.25) is 4.79 Å². The Morgan fingerprint density at radius 2 is 1.92 bits per heavy atom. The molecule has 1 rings (SSSR count). The van der Waals surface area contributed by atoms with Gasteiger partial charge in [-0.25, -0.2) is 0 Å². The summed E-state index contributed by atoms with van der Waals surface area (Å²) in [5, 5.41) is 9.48. The number of hydrogen-bond acceptors (Lipinski definition) is 4. The molecule has 1 unspecified atom stereocenters. The van der Waals surface area contributed by atoms with Gasteiger partial charge in [-0.1, -0.05) is 31.3 Å². The van der Waals surface area contributed by atoms with Crippen LogP contribution in [-0.2, 0) is 11.3 Å².